The van der Waals surface area contributed by atoms with Crippen molar-refractivity contribution in [3.05, 3.63) is 33.9 Å². The number of rotatable bonds is 3. The summed E-state index contributed by atoms with van der Waals surface area (Å²) in [5, 5.41) is 11.1. The maximum atomic E-state index is 11.9. The van der Waals surface area contributed by atoms with Crippen molar-refractivity contribution in [2.75, 3.05) is 38.7 Å². The van der Waals surface area contributed by atoms with E-state index in [1.807, 2.05) is 0 Å². The van der Waals surface area contributed by atoms with Gasteiger partial charge in [0.1, 0.15) is 5.56 Å². The van der Waals surface area contributed by atoms with Crippen molar-refractivity contribution in [3.8, 4) is 0 Å². The van der Waals surface area contributed by atoms with Crippen LogP contribution < -0.4 is 4.90 Å². The summed E-state index contributed by atoms with van der Waals surface area (Å²) in [4.78, 5) is 27.1. The van der Waals surface area contributed by atoms with Crippen molar-refractivity contribution in [2.45, 2.75) is 18.9 Å². The van der Waals surface area contributed by atoms with E-state index in [2.05, 4.69) is 16.8 Å². The van der Waals surface area contributed by atoms with E-state index in [9.17, 15) is 14.9 Å². The Kier molecular flexibility index (Phi) is 4.21. The second-order valence-electron chi connectivity index (χ2n) is 6.31. The van der Waals surface area contributed by atoms with Crippen LogP contribution in [0.15, 0.2) is 18.2 Å². The summed E-state index contributed by atoms with van der Waals surface area (Å²) in [7, 11) is 3.35. The van der Waals surface area contributed by atoms with E-state index in [0.717, 1.165) is 31.7 Å². The molecule has 0 amide bonds. The molecule has 7 nitrogen and oxygen atoms in total. The molecule has 0 spiro atoms. The molecule has 2 saturated heterocycles. The highest BCUT2D eigenvalue weighted by Gasteiger charge is 2.38. The number of likely N-dealkylation sites (N-methyl/N-ethyl adjacent to an activating group) is 1. The quantitative estimate of drug-likeness (QED) is 0.481. The van der Waals surface area contributed by atoms with Gasteiger partial charge in [0.2, 0.25) is 0 Å². The summed E-state index contributed by atoms with van der Waals surface area (Å²) in [5.74, 6) is -0.0157. The number of hydrogen-bond acceptors (Lipinski definition) is 6. The molecule has 2 aliphatic heterocycles. The first kappa shape index (κ1) is 15.7. The molecule has 1 aromatic rings. The minimum absolute atomic E-state index is 0.0163. The Labute approximate surface area is 135 Å². The fourth-order valence-electron chi connectivity index (χ4n) is 3.75. The van der Waals surface area contributed by atoms with Gasteiger partial charge in [-0.3, -0.25) is 10.1 Å². The zero-order valence-corrected chi connectivity index (χ0v) is 13.4. The van der Waals surface area contributed by atoms with Crippen LogP contribution >= 0.6 is 0 Å². The molecule has 0 aliphatic carbocycles. The molecule has 0 saturated carbocycles. The van der Waals surface area contributed by atoms with Crippen LogP contribution in [0.1, 0.15) is 23.2 Å². The Hall–Kier alpha value is -2.15. The SMILES string of the molecule is COC(=O)c1cc(N2CC[C@H]3CCN(C)C[C@@H]32)ccc1[N+](=O)[O-]. The molecule has 23 heavy (non-hydrogen) atoms. The maximum Gasteiger partial charge on any atom is 0.344 e. The van der Waals surface area contributed by atoms with Gasteiger partial charge in [-0.1, -0.05) is 0 Å². The van der Waals surface area contributed by atoms with Crippen molar-refractivity contribution in [3.63, 3.8) is 0 Å². The molecule has 2 fully saturated rings. The van der Waals surface area contributed by atoms with E-state index in [1.54, 1.807) is 12.1 Å². The molecule has 0 N–H and O–H groups in total. The van der Waals surface area contributed by atoms with Gasteiger partial charge in [-0.15, -0.1) is 0 Å². The van der Waals surface area contributed by atoms with Crippen LogP contribution in [0, 0.1) is 16.0 Å². The number of piperidine rings is 1. The summed E-state index contributed by atoms with van der Waals surface area (Å²) in [6.07, 6.45) is 2.30. The predicted molar refractivity (Wildman–Crippen MR) is 85.8 cm³/mol. The number of carbonyl (C=O) groups excluding carboxylic acids is 1. The number of hydrogen-bond donors (Lipinski definition) is 0. The van der Waals surface area contributed by atoms with Crippen LogP contribution in [-0.4, -0.2) is 55.6 Å². The normalized spacial score (nSPS) is 24.3. The molecule has 2 aliphatic rings. The number of likely N-dealkylation sites (tertiary alicyclic amines) is 1. The molecule has 2 heterocycles. The molecule has 0 aromatic heterocycles. The predicted octanol–water partition coefficient (Wildman–Crippen LogP) is 1.91. The molecular formula is C16H21N3O4. The average molecular weight is 319 g/mol. The summed E-state index contributed by atoms with van der Waals surface area (Å²) >= 11 is 0. The smallest absolute Gasteiger partial charge is 0.344 e. The molecule has 3 rings (SSSR count). The second-order valence-corrected chi connectivity index (χ2v) is 6.31. The number of nitrogens with zero attached hydrogens (tertiary/aromatic N) is 3. The van der Waals surface area contributed by atoms with Gasteiger partial charge in [-0.05, 0) is 44.5 Å². The van der Waals surface area contributed by atoms with E-state index >= 15 is 0 Å². The Morgan fingerprint density at radius 1 is 1.35 bits per heavy atom. The van der Waals surface area contributed by atoms with Crippen LogP contribution in [0.3, 0.4) is 0 Å². The van der Waals surface area contributed by atoms with Crippen LogP contribution in [-0.2, 0) is 4.74 Å². The lowest BCUT2D eigenvalue weighted by Gasteiger charge is -2.37. The first-order valence-electron chi connectivity index (χ1n) is 7.83. The third kappa shape index (κ3) is 2.88. The van der Waals surface area contributed by atoms with Gasteiger partial charge in [0, 0.05) is 30.9 Å². The number of anilines is 1. The molecule has 7 heteroatoms. The number of nitro groups is 1. The molecular weight excluding hydrogens is 298 g/mol. The van der Waals surface area contributed by atoms with E-state index < -0.39 is 10.9 Å². The zero-order chi connectivity index (χ0) is 16.6. The third-order valence-electron chi connectivity index (χ3n) is 4.98. The molecule has 1 aromatic carbocycles. The van der Waals surface area contributed by atoms with Crippen molar-refractivity contribution < 1.29 is 14.5 Å². The van der Waals surface area contributed by atoms with Crippen molar-refractivity contribution >= 4 is 17.3 Å². The lowest BCUT2D eigenvalue weighted by molar-refractivity contribution is -0.385. The number of carbonyl (C=O) groups is 1. The number of esters is 1. The highest BCUT2D eigenvalue weighted by atomic mass is 16.6. The van der Waals surface area contributed by atoms with Crippen molar-refractivity contribution in [2.24, 2.45) is 5.92 Å². The number of fused-ring (bicyclic) bond motifs is 1. The number of methoxy groups -OCH3 is 1. The minimum Gasteiger partial charge on any atom is -0.465 e. The van der Waals surface area contributed by atoms with Crippen LogP contribution in [0.2, 0.25) is 0 Å². The maximum absolute atomic E-state index is 11.9. The van der Waals surface area contributed by atoms with Gasteiger partial charge >= 0.3 is 5.97 Å². The highest BCUT2D eigenvalue weighted by Crippen LogP contribution is 2.36. The topological polar surface area (TPSA) is 75.9 Å². The highest BCUT2D eigenvalue weighted by molar-refractivity contribution is 5.95. The van der Waals surface area contributed by atoms with Gasteiger partial charge in [-0.2, -0.15) is 0 Å². The standard InChI is InChI=1S/C16H21N3O4/c1-17-7-5-11-6-8-18(15(11)10-17)12-3-4-14(19(21)22)13(9-12)16(20)23-2/h3-4,9,11,15H,5-8,10H2,1-2H3/t11-,15+/m1/s1. The van der Waals surface area contributed by atoms with Crippen molar-refractivity contribution in [1.82, 2.24) is 4.90 Å². The van der Waals surface area contributed by atoms with Gasteiger partial charge in [0.25, 0.3) is 5.69 Å². The van der Waals surface area contributed by atoms with E-state index in [1.165, 1.54) is 19.6 Å². The van der Waals surface area contributed by atoms with E-state index in [-0.39, 0.29) is 11.3 Å². The van der Waals surface area contributed by atoms with Crippen LogP contribution in [0.25, 0.3) is 0 Å². The Morgan fingerprint density at radius 2 is 2.09 bits per heavy atom. The number of benzene rings is 1. The van der Waals surface area contributed by atoms with Crippen LogP contribution in [0.4, 0.5) is 11.4 Å². The molecule has 124 valence electrons. The van der Waals surface area contributed by atoms with Gasteiger partial charge in [-0.25, -0.2) is 4.79 Å². The minimum atomic E-state index is -0.671. The first-order valence-corrected chi connectivity index (χ1v) is 7.83. The van der Waals surface area contributed by atoms with Gasteiger partial charge in [0.15, 0.2) is 0 Å². The van der Waals surface area contributed by atoms with Crippen LogP contribution in [0.5, 0.6) is 0 Å². The Balaban J connectivity index is 1.94. The first-order chi connectivity index (χ1) is 11.0. The van der Waals surface area contributed by atoms with Crippen molar-refractivity contribution in [1.29, 1.82) is 0 Å². The zero-order valence-electron chi connectivity index (χ0n) is 13.4. The number of nitro benzene ring substituents is 1. The lowest BCUT2D eigenvalue weighted by atomic mass is 9.92. The third-order valence-corrected chi connectivity index (χ3v) is 4.98. The molecule has 0 bridgehead atoms. The Morgan fingerprint density at radius 3 is 2.78 bits per heavy atom. The largest absolute Gasteiger partial charge is 0.465 e. The summed E-state index contributed by atoms with van der Waals surface area (Å²) in [6, 6.07) is 5.14. The lowest BCUT2D eigenvalue weighted by Crippen LogP contribution is -2.46. The number of ether oxygens (including phenoxy) is 1. The second kappa shape index (κ2) is 6.16. The molecule has 0 radical (unpaired) electrons. The Bertz CT molecular complexity index is 634. The van der Waals surface area contributed by atoms with Gasteiger partial charge in [0.05, 0.1) is 12.0 Å². The molecule has 0 unspecified atom stereocenters. The summed E-state index contributed by atoms with van der Waals surface area (Å²) < 4.78 is 4.70. The van der Waals surface area contributed by atoms with Gasteiger partial charge < -0.3 is 14.5 Å². The average Bonchev–Trinajstić information content (AvgIpc) is 2.96. The van der Waals surface area contributed by atoms with E-state index in [0.29, 0.717) is 12.0 Å². The fraction of sp³-hybridized carbons (Fsp3) is 0.562. The fourth-order valence-corrected chi connectivity index (χ4v) is 3.75. The summed E-state index contributed by atoms with van der Waals surface area (Å²) in [6.45, 7) is 3.01. The monoisotopic (exact) mass is 319 g/mol. The van der Waals surface area contributed by atoms with E-state index in [4.69, 9.17) is 4.74 Å². The molecule has 2 atom stereocenters. The summed E-state index contributed by atoms with van der Waals surface area (Å²) in [5.41, 5.74) is 0.665.